The van der Waals surface area contributed by atoms with Crippen LogP contribution in [0.25, 0.3) is 55.8 Å². The molecule has 57 heteroatoms. The first-order chi connectivity index (χ1) is 65.1. The molecule has 47 nitrogen and oxygen atoms in total. The molecule has 0 spiro atoms. The standard InChI is InChI=1S/C21H24N5O5PS.C17H18N5O4PS.C15H22N5O4PS.C13H18N5O5PS.C13H18N5O4PS/c1-12(2)21(27)30-18-17-15(10-28-32(33,31-17)25-13-6-4-3-5-7-13)29-20(18)26-11-24-16-14(22)8-9-23-19(16)26;18-11-6-7-19-16-13(11)20-9-22(16)17-14(23)15-12(25-17)8-24-27(28,26-15)21-10-4-2-1-3-5-10;1-3-19(4-2)25(26)22-7-10-13(24-25)12(21)15(23-10)20-8-18-11-9(16)5-6-17-14(11)20;1-6-15-11-8(12(20)16-6)14-5-18(11)13-9(19)10-7(22-13)4-21-24(25,23-10)17(2)3;1-17(2)23(24)20-5-8-11(22-23)10(19)13(21-8)18-6-16-9-7(14)3-4-15-12(9)18/h3-9,11-12,15,17-18,20H,10H2,1-2H3,(H2,22,23)(H,25,33);1-7,9,12,14-15,17,23H,8H2,(H2,18,19)(H,21,28);5-6,8,10,12-13,15,21H,3-4,7H2,1-2H3,(H2,16,17);5,7,9-10,13,19H,4H2,1-3H3,(H,15,16,20);3-4,6,8,10-11,13,19H,5H2,1-2H3,(H2,14,15)/t15-,17?,18?,20-,32?;12-,14?,15?,17-,27?;10-,12?,13?,15-,25?;7-,9?,10?,13-,24?;8-,10?,11?,13-,23?/m11111/s1. The number of rotatable bonds is 16. The lowest BCUT2D eigenvalue weighted by molar-refractivity contribution is -0.161. The Hall–Kier alpha value is -8.09. The molecule has 12 aromatic rings. The number of fused-ring (bicyclic) bond motifs is 10. The van der Waals surface area contributed by atoms with Crippen LogP contribution in [0.1, 0.15) is 64.7 Å². The van der Waals surface area contributed by atoms with Gasteiger partial charge in [0.1, 0.15) is 113 Å². The Kier molecular flexibility index (Phi) is 28.7. The third-order valence-corrected chi connectivity index (χ3v) is 38.9. The normalized spacial score (nSPS) is 33.2. The number of aromatic nitrogens is 16. The van der Waals surface area contributed by atoms with E-state index in [9.17, 15) is 30.0 Å². The van der Waals surface area contributed by atoms with E-state index < -0.39 is 156 Å². The number of aliphatic hydroxyl groups is 4. The number of carbonyl (C=O) groups excluding carboxylic acids is 1. The number of carbonyl (C=O) groups is 1. The highest BCUT2D eigenvalue weighted by Gasteiger charge is 2.59. The average Bonchev–Trinajstić information content (AvgIpc) is 1.62. The molecule has 25 atom stereocenters. The fourth-order valence-electron chi connectivity index (χ4n) is 16.6. The summed E-state index contributed by atoms with van der Waals surface area (Å²) < 4.78 is 109. The molecule has 2 aromatic carbocycles. The molecule has 0 saturated carbocycles. The number of para-hydroxylation sites is 2. The predicted octanol–water partition coefficient (Wildman–Crippen LogP) is 6.87. The monoisotopic (exact) mass is 2070 g/mol. The maximum Gasteiger partial charge on any atom is 0.308 e. The molecule has 22 rings (SSSR count). The number of nitrogens with one attached hydrogen (secondary N) is 3. The Morgan fingerprint density at radius 2 is 0.757 bits per heavy atom. The van der Waals surface area contributed by atoms with Crippen molar-refractivity contribution >= 4 is 188 Å². The summed E-state index contributed by atoms with van der Waals surface area (Å²) in [4.78, 5) is 70.1. The second kappa shape index (κ2) is 39.8. The van der Waals surface area contributed by atoms with Crippen molar-refractivity contribution in [1.29, 1.82) is 0 Å². The topological polar surface area (TPSA) is 570 Å². The number of aryl methyl sites for hydroxylation is 1. The zero-order valence-electron chi connectivity index (χ0n) is 74.1. The van der Waals surface area contributed by atoms with Crippen molar-refractivity contribution in [2.75, 3.05) is 107 Å². The van der Waals surface area contributed by atoms with Gasteiger partial charge in [-0.15, -0.1) is 0 Å². The van der Waals surface area contributed by atoms with Crippen LogP contribution >= 0.6 is 33.2 Å². The van der Waals surface area contributed by atoms with Crippen LogP contribution in [0.4, 0.5) is 34.1 Å². The molecule has 15 unspecified atom stereocenters. The summed E-state index contributed by atoms with van der Waals surface area (Å²) >= 11 is 27.9. The molecule has 10 fully saturated rings. The summed E-state index contributed by atoms with van der Waals surface area (Å²) in [5, 5.41) is 49.6. The second-order valence-corrected chi connectivity index (χ2v) is 50.0. The van der Waals surface area contributed by atoms with Gasteiger partial charge in [-0.25, -0.2) is 63.9 Å². The molecule has 20 heterocycles. The van der Waals surface area contributed by atoms with Gasteiger partial charge >= 0.3 is 5.97 Å². The van der Waals surface area contributed by atoms with Gasteiger partial charge < -0.3 is 132 Å². The molecule has 728 valence electrons. The Morgan fingerprint density at radius 3 is 1.12 bits per heavy atom. The summed E-state index contributed by atoms with van der Waals surface area (Å²) in [6.07, 6.45) is 0.668. The minimum atomic E-state index is -2.92. The molecule has 10 aliphatic rings. The van der Waals surface area contributed by atoms with Gasteiger partial charge in [0.25, 0.3) is 38.8 Å². The first kappa shape index (κ1) is 98.1. The number of hydrogen-bond donors (Lipinski definition) is 11. The fourth-order valence-corrected chi connectivity index (χ4v) is 28.2. The zero-order chi connectivity index (χ0) is 95.9. The molecule has 0 bridgehead atoms. The molecular weight excluding hydrogens is 1970 g/mol. The number of nitrogens with two attached hydrogens (primary N) is 4. The number of nitrogens with zero attached hydrogens (tertiary/aromatic N) is 18. The number of esters is 1. The number of imidazole rings is 5. The van der Waals surface area contributed by atoms with Crippen LogP contribution in [0.15, 0.2) is 146 Å². The van der Waals surface area contributed by atoms with E-state index in [-0.39, 0.29) is 56.0 Å². The van der Waals surface area contributed by atoms with Gasteiger partial charge in [-0.1, -0.05) is 64.1 Å². The largest absolute Gasteiger partial charge is 0.454 e. The van der Waals surface area contributed by atoms with Crippen LogP contribution in [0, 0.1) is 12.8 Å². The van der Waals surface area contributed by atoms with Gasteiger partial charge in [0.05, 0.1) is 93.3 Å². The van der Waals surface area contributed by atoms with E-state index in [4.69, 9.17) is 156 Å². The quantitative estimate of drug-likeness (QED) is 0.0347. The van der Waals surface area contributed by atoms with Crippen molar-refractivity contribution in [3.63, 3.8) is 0 Å². The van der Waals surface area contributed by atoms with Gasteiger partial charge in [0.2, 0.25) is 0 Å². The minimum absolute atomic E-state index is 0.187. The van der Waals surface area contributed by atoms with Crippen molar-refractivity contribution in [2.45, 2.75) is 157 Å². The first-order valence-corrected chi connectivity index (χ1v) is 56.0. The number of aromatic amines is 1. The summed E-state index contributed by atoms with van der Waals surface area (Å²) in [5.41, 5.74) is 32.1. The zero-order valence-corrected chi connectivity index (χ0v) is 82.7. The highest BCUT2D eigenvalue weighted by Crippen LogP contribution is 2.63. The van der Waals surface area contributed by atoms with Crippen molar-refractivity contribution in [1.82, 2.24) is 91.7 Å². The van der Waals surface area contributed by atoms with E-state index in [1.165, 1.54) is 6.33 Å². The van der Waals surface area contributed by atoms with E-state index in [2.05, 4.69) is 65.0 Å². The van der Waals surface area contributed by atoms with Crippen molar-refractivity contribution < 1.29 is 98.9 Å². The fraction of sp³-hybridized carbons (Fsp3) is 0.468. The van der Waals surface area contributed by atoms with E-state index in [0.29, 0.717) is 78.9 Å². The Balaban J connectivity index is 0.000000114. The van der Waals surface area contributed by atoms with Crippen LogP contribution < -0.4 is 38.7 Å². The number of pyridine rings is 4. The van der Waals surface area contributed by atoms with Gasteiger partial charge in [-0.05, 0) is 143 Å². The van der Waals surface area contributed by atoms with E-state index in [1.807, 2.05) is 79.2 Å². The molecular formula is C79H100N25O22P5S5. The molecule has 0 radical (unpaired) electrons. The van der Waals surface area contributed by atoms with Gasteiger partial charge in [0, 0.05) is 49.3 Å². The highest BCUT2D eigenvalue weighted by atomic mass is 32.5. The number of hydrogen-bond acceptors (Lipinski definition) is 41. The van der Waals surface area contributed by atoms with Gasteiger partial charge in [-0.3, -0.25) is 32.4 Å². The maximum absolute atomic E-state index is 12.6. The number of nitrogen functional groups attached to an aromatic ring is 4. The van der Waals surface area contributed by atoms with E-state index in [0.717, 1.165) is 24.5 Å². The van der Waals surface area contributed by atoms with Crippen LogP contribution in [0.3, 0.4) is 0 Å². The molecule has 15 N–H and O–H groups in total. The van der Waals surface area contributed by atoms with Crippen LogP contribution in [-0.2, 0) is 137 Å². The lowest BCUT2D eigenvalue weighted by atomic mass is 10.1. The van der Waals surface area contributed by atoms with Crippen LogP contribution in [0.2, 0.25) is 0 Å². The molecule has 10 saturated heterocycles. The SMILES string of the molecule is CC(C)C(=O)OC1C2OP(=S)(Nc3ccccc3)OC[C@H]2O[C@H]1n1cnc2c(N)ccnc21.CCN(CC)P1(=S)OC[C@H]2O[C@@H](n3cnc4c(N)ccnc43)C(O)C2O1.CN(C)P1(=S)OC[C@H]2O[C@@H](n3cnc4c(N)ccnc43)C(O)C2O1.Cc1nc2c(ncn2[C@@H]2O[C@@H]3COP(=S)(N(C)C)OC3C2O)c(=O)[nH]1.Nc1ccnc2c1ncn2[C@@H]1O[C@@H]2COP(=S)(Nc3ccccc3)OC2C1O. The van der Waals surface area contributed by atoms with E-state index >= 15 is 0 Å². The first-order valence-electron chi connectivity index (χ1n) is 42.9. The predicted molar refractivity (Wildman–Crippen MR) is 515 cm³/mol. The van der Waals surface area contributed by atoms with Crippen molar-refractivity contribution in [3.8, 4) is 0 Å². The van der Waals surface area contributed by atoms with Crippen molar-refractivity contribution in [2.24, 2.45) is 5.92 Å². The summed E-state index contributed by atoms with van der Waals surface area (Å²) in [5.74, 6) is -0.249. The van der Waals surface area contributed by atoms with E-state index in [1.54, 1.807) is 156 Å². The molecule has 10 aliphatic heterocycles. The number of H-pyrrole nitrogens is 1. The number of ether oxygens (including phenoxy) is 6. The Bertz CT molecular complexity index is 6720. The summed E-state index contributed by atoms with van der Waals surface area (Å²) in [7, 11) is 7.17. The second-order valence-electron chi connectivity index (χ2n) is 33.2. The molecule has 136 heavy (non-hydrogen) atoms. The van der Waals surface area contributed by atoms with Crippen LogP contribution in [0.5, 0.6) is 0 Å². The number of benzene rings is 2. The van der Waals surface area contributed by atoms with Crippen molar-refractivity contribution in [3.05, 3.63) is 158 Å². The smallest absolute Gasteiger partial charge is 0.308 e. The van der Waals surface area contributed by atoms with Crippen LogP contribution in [-0.4, -0.2) is 284 Å². The van der Waals surface area contributed by atoms with Gasteiger partial charge in [0.15, 0.2) is 71.0 Å². The summed E-state index contributed by atoms with van der Waals surface area (Å²) in [6, 6.07) is 25.6. The van der Waals surface area contributed by atoms with Gasteiger partial charge in [-0.2, -0.15) is 0 Å². The molecule has 0 amide bonds. The summed E-state index contributed by atoms with van der Waals surface area (Å²) in [6.45, 7) is -1.70. The lowest BCUT2D eigenvalue weighted by Gasteiger charge is -2.39. The third-order valence-electron chi connectivity index (χ3n) is 23.6. The Labute approximate surface area is 801 Å². The highest BCUT2D eigenvalue weighted by molar-refractivity contribution is 8.11. The lowest BCUT2D eigenvalue weighted by Crippen LogP contribution is -2.42. The molecule has 10 aromatic heterocycles. The maximum atomic E-state index is 12.6. The Morgan fingerprint density at radius 1 is 0.449 bits per heavy atom. The average molecular weight is 2070 g/mol. The number of anilines is 6. The minimum Gasteiger partial charge on any atom is -0.454 e. The third kappa shape index (κ3) is 19.2. The molecule has 0 aliphatic carbocycles. The number of aliphatic hydroxyl groups excluding tert-OH is 4.